The minimum absolute atomic E-state index is 0.00824. The number of aliphatic hydroxyl groups is 1. The summed E-state index contributed by atoms with van der Waals surface area (Å²) in [6.45, 7) is 1.97. The van der Waals surface area contributed by atoms with Crippen molar-refractivity contribution >= 4 is 10.2 Å². The summed E-state index contributed by atoms with van der Waals surface area (Å²) in [5.41, 5.74) is -1.08. The van der Waals surface area contributed by atoms with Crippen molar-refractivity contribution in [3.63, 3.8) is 0 Å². The standard InChI is InChI=1S/C8H21N3O3S/c1-8(12,7-10(2)3)6-9-15(13,14)11(4)5/h9,12H,6-7H2,1-5H3. The molecule has 0 amide bonds. The summed E-state index contributed by atoms with van der Waals surface area (Å²) in [6, 6.07) is 0. The Morgan fingerprint density at radius 2 is 1.73 bits per heavy atom. The summed E-state index contributed by atoms with van der Waals surface area (Å²) in [4.78, 5) is 1.80. The van der Waals surface area contributed by atoms with Crippen molar-refractivity contribution in [1.82, 2.24) is 13.9 Å². The molecule has 0 bridgehead atoms. The minimum Gasteiger partial charge on any atom is -0.387 e. The fourth-order valence-electron chi connectivity index (χ4n) is 1.11. The lowest BCUT2D eigenvalue weighted by Gasteiger charge is -2.27. The molecule has 0 aromatic carbocycles. The first-order valence-corrected chi connectivity index (χ1v) is 6.05. The number of hydrogen-bond donors (Lipinski definition) is 2. The normalized spacial score (nSPS) is 17.1. The third kappa shape index (κ3) is 6.06. The van der Waals surface area contributed by atoms with Crippen LogP contribution in [0.3, 0.4) is 0 Å². The predicted molar refractivity (Wildman–Crippen MR) is 59.8 cm³/mol. The average Bonchev–Trinajstić information content (AvgIpc) is 1.98. The summed E-state index contributed by atoms with van der Waals surface area (Å²) in [5, 5.41) is 9.84. The lowest BCUT2D eigenvalue weighted by atomic mass is 10.1. The van der Waals surface area contributed by atoms with Crippen molar-refractivity contribution in [1.29, 1.82) is 0 Å². The molecule has 0 saturated carbocycles. The van der Waals surface area contributed by atoms with Gasteiger partial charge in [0.05, 0.1) is 5.60 Å². The maximum Gasteiger partial charge on any atom is 0.279 e. The van der Waals surface area contributed by atoms with Crippen LogP contribution in [0.25, 0.3) is 0 Å². The molecule has 2 N–H and O–H groups in total. The van der Waals surface area contributed by atoms with E-state index in [-0.39, 0.29) is 6.54 Å². The van der Waals surface area contributed by atoms with E-state index >= 15 is 0 Å². The summed E-state index contributed by atoms with van der Waals surface area (Å²) >= 11 is 0. The zero-order valence-electron chi connectivity index (χ0n) is 9.98. The SMILES string of the molecule is CN(C)CC(C)(O)CNS(=O)(=O)N(C)C. The molecular formula is C8H21N3O3S. The van der Waals surface area contributed by atoms with Gasteiger partial charge in [0.2, 0.25) is 0 Å². The Balaban J connectivity index is 4.27. The number of hydrogen-bond acceptors (Lipinski definition) is 4. The van der Waals surface area contributed by atoms with Crippen molar-refractivity contribution in [2.24, 2.45) is 0 Å². The van der Waals surface area contributed by atoms with E-state index in [2.05, 4.69) is 4.72 Å². The van der Waals surface area contributed by atoms with E-state index in [1.54, 1.807) is 11.8 Å². The van der Waals surface area contributed by atoms with Crippen LogP contribution in [-0.2, 0) is 10.2 Å². The molecule has 0 spiro atoms. The van der Waals surface area contributed by atoms with E-state index in [1.807, 2.05) is 14.1 Å². The Morgan fingerprint density at radius 3 is 2.07 bits per heavy atom. The fraction of sp³-hybridized carbons (Fsp3) is 1.00. The molecule has 1 unspecified atom stereocenters. The zero-order valence-corrected chi connectivity index (χ0v) is 10.8. The van der Waals surface area contributed by atoms with E-state index in [4.69, 9.17) is 0 Å². The molecule has 92 valence electrons. The van der Waals surface area contributed by atoms with Crippen LogP contribution < -0.4 is 4.72 Å². The third-order valence-electron chi connectivity index (χ3n) is 1.77. The lowest BCUT2D eigenvalue weighted by Crippen LogP contribution is -2.49. The highest BCUT2D eigenvalue weighted by atomic mass is 32.2. The Hall–Kier alpha value is -0.210. The van der Waals surface area contributed by atoms with Crippen molar-refractivity contribution < 1.29 is 13.5 Å². The Morgan fingerprint density at radius 1 is 1.27 bits per heavy atom. The third-order valence-corrected chi connectivity index (χ3v) is 3.24. The summed E-state index contributed by atoms with van der Waals surface area (Å²) in [5.74, 6) is 0. The van der Waals surface area contributed by atoms with Gasteiger partial charge in [-0.3, -0.25) is 0 Å². The van der Waals surface area contributed by atoms with Crippen LogP contribution >= 0.6 is 0 Å². The average molecular weight is 239 g/mol. The van der Waals surface area contributed by atoms with Crippen LogP contribution in [0.15, 0.2) is 0 Å². The fourth-order valence-corrected chi connectivity index (χ4v) is 1.86. The van der Waals surface area contributed by atoms with Gasteiger partial charge in [-0.25, -0.2) is 0 Å². The second-order valence-electron chi connectivity index (χ2n) is 4.34. The Kier molecular flexibility index (Phi) is 5.15. The van der Waals surface area contributed by atoms with E-state index in [9.17, 15) is 13.5 Å². The molecule has 0 saturated heterocycles. The first kappa shape index (κ1) is 14.8. The second kappa shape index (κ2) is 5.22. The smallest absolute Gasteiger partial charge is 0.279 e. The molecule has 0 heterocycles. The molecular weight excluding hydrogens is 218 g/mol. The highest BCUT2D eigenvalue weighted by Crippen LogP contribution is 2.03. The lowest BCUT2D eigenvalue weighted by molar-refractivity contribution is 0.0383. The molecule has 0 fully saturated rings. The molecule has 0 aromatic rings. The molecule has 15 heavy (non-hydrogen) atoms. The molecule has 0 aromatic heterocycles. The highest BCUT2D eigenvalue weighted by Gasteiger charge is 2.24. The molecule has 6 nitrogen and oxygen atoms in total. The molecule has 0 aliphatic rings. The van der Waals surface area contributed by atoms with E-state index < -0.39 is 15.8 Å². The zero-order chi connectivity index (χ0) is 12.3. The van der Waals surface area contributed by atoms with Gasteiger partial charge in [0, 0.05) is 27.2 Å². The number of nitrogens with one attached hydrogen (secondary N) is 1. The molecule has 0 rings (SSSR count). The number of nitrogens with zero attached hydrogens (tertiary/aromatic N) is 2. The molecule has 0 aliphatic carbocycles. The van der Waals surface area contributed by atoms with Crippen LogP contribution in [0.2, 0.25) is 0 Å². The maximum atomic E-state index is 11.4. The monoisotopic (exact) mass is 239 g/mol. The molecule has 7 heteroatoms. The van der Waals surface area contributed by atoms with Crippen LogP contribution in [0.4, 0.5) is 0 Å². The quantitative estimate of drug-likeness (QED) is 0.604. The van der Waals surface area contributed by atoms with Gasteiger partial charge in [-0.05, 0) is 21.0 Å². The van der Waals surface area contributed by atoms with Gasteiger partial charge in [0.1, 0.15) is 0 Å². The van der Waals surface area contributed by atoms with Gasteiger partial charge in [0.15, 0.2) is 0 Å². The maximum absolute atomic E-state index is 11.4. The highest BCUT2D eigenvalue weighted by molar-refractivity contribution is 7.87. The van der Waals surface area contributed by atoms with Crippen LogP contribution in [0.1, 0.15) is 6.92 Å². The predicted octanol–water partition coefficient (Wildman–Crippen LogP) is -1.30. The largest absolute Gasteiger partial charge is 0.387 e. The van der Waals surface area contributed by atoms with Crippen molar-refractivity contribution in [2.45, 2.75) is 12.5 Å². The van der Waals surface area contributed by atoms with Crippen LogP contribution in [0.5, 0.6) is 0 Å². The summed E-state index contributed by atoms with van der Waals surface area (Å²) < 4.78 is 26.1. The summed E-state index contributed by atoms with van der Waals surface area (Å²) in [6.07, 6.45) is 0. The van der Waals surface area contributed by atoms with E-state index in [0.717, 1.165) is 4.31 Å². The topological polar surface area (TPSA) is 72.9 Å². The van der Waals surface area contributed by atoms with E-state index in [0.29, 0.717) is 6.54 Å². The minimum atomic E-state index is -3.46. The van der Waals surface area contributed by atoms with Crippen molar-refractivity contribution in [2.75, 3.05) is 41.3 Å². The van der Waals surface area contributed by atoms with Crippen LogP contribution in [0, 0.1) is 0 Å². The van der Waals surface area contributed by atoms with Gasteiger partial charge in [0.25, 0.3) is 10.2 Å². The molecule has 0 radical (unpaired) electrons. The number of rotatable bonds is 6. The first-order chi connectivity index (χ1) is 6.57. The van der Waals surface area contributed by atoms with Gasteiger partial charge in [-0.15, -0.1) is 0 Å². The van der Waals surface area contributed by atoms with Gasteiger partial charge >= 0.3 is 0 Å². The van der Waals surface area contributed by atoms with Crippen LogP contribution in [-0.4, -0.2) is 69.6 Å². The molecule has 1 atom stereocenters. The van der Waals surface area contributed by atoms with Gasteiger partial charge in [-0.2, -0.15) is 17.4 Å². The van der Waals surface area contributed by atoms with Gasteiger partial charge in [-0.1, -0.05) is 0 Å². The van der Waals surface area contributed by atoms with E-state index in [1.165, 1.54) is 14.1 Å². The first-order valence-electron chi connectivity index (χ1n) is 4.61. The van der Waals surface area contributed by atoms with Crippen molar-refractivity contribution in [3.8, 4) is 0 Å². The number of likely N-dealkylation sites (N-methyl/N-ethyl adjacent to an activating group) is 1. The van der Waals surface area contributed by atoms with Gasteiger partial charge < -0.3 is 10.0 Å². The Bertz CT molecular complexity index is 286. The summed E-state index contributed by atoms with van der Waals surface area (Å²) in [7, 11) is 3.03. The Labute approximate surface area is 92.1 Å². The van der Waals surface area contributed by atoms with Crippen molar-refractivity contribution in [3.05, 3.63) is 0 Å². The molecule has 0 aliphatic heterocycles. The second-order valence-corrected chi connectivity index (χ2v) is 6.31.